The van der Waals surface area contributed by atoms with E-state index in [1.807, 2.05) is 0 Å². The molecule has 2 aromatic rings. The van der Waals surface area contributed by atoms with E-state index in [2.05, 4.69) is 10.3 Å². The highest BCUT2D eigenvalue weighted by Crippen LogP contribution is 2.15. The number of anilines is 1. The molecular weight excluding hydrogens is 350 g/mol. The number of nitrogens with zero attached hydrogens (tertiary/aromatic N) is 2. The van der Waals surface area contributed by atoms with Crippen molar-refractivity contribution >= 4 is 33.2 Å². The van der Waals surface area contributed by atoms with E-state index in [-0.39, 0.29) is 25.4 Å². The summed E-state index contributed by atoms with van der Waals surface area (Å²) in [6, 6.07) is 12.1. The summed E-state index contributed by atoms with van der Waals surface area (Å²) in [5.74, 6) is -0.285. The lowest BCUT2D eigenvalue weighted by atomic mass is 10.3. The number of rotatable bonds is 7. The minimum atomic E-state index is -3.45. The number of benzene rings is 1. The number of aromatic nitrogens is 1. The molecule has 0 saturated heterocycles. The molecule has 2 rings (SSSR count). The molecule has 0 aliphatic heterocycles. The standard InChI is InChI=1S/C16H18ClN3O3S/c1-24(22,23)20(12-15-6-2-3-9-18-15)10-8-16(21)19-14-7-4-5-13(17)11-14/h2-7,9,11H,8,10,12H2,1H3,(H,19,21). The molecule has 0 aliphatic rings. The Hall–Kier alpha value is -1.96. The molecule has 0 unspecified atom stereocenters. The summed E-state index contributed by atoms with van der Waals surface area (Å²) in [4.78, 5) is 16.1. The highest BCUT2D eigenvalue weighted by Gasteiger charge is 2.18. The lowest BCUT2D eigenvalue weighted by Gasteiger charge is -2.19. The van der Waals surface area contributed by atoms with Gasteiger partial charge in [-0.15, -0.1) is 0 Å². The number of amides is 1. The fraction of sp³-hybridized carbons (Fsp3) is 0.250. The van der Waals surface area contributed by atoms with Gasteiger partial charge >= 0.3 is 0 Å². The first-order valence-electron chi connectivity index (χ1n) is 7.25. The average molecular weight is 368 g/mol. The van der Waals surface area contributed by atoms with E-state index < -0.39 is 10.0 Å². The summed E-state index contributed by atoms with van der Waals surface area (Å²) in [7, 11) is -3.45. The van der Waals surface area contributed by atoms with Gasteiger partial charge in [0.2, 0.25) is 15.9 Å². The molecule has 0 bridgehead atoms. The highest BCUT2D eigenvalue weighted by molar-refractivity contribution is 7.88. The molecule has 1 heterocycles. The van der Waals surface area contributed by atoms with Crippen molar-refractivity contribution in [2.45, 2.75) is 13.0 Å². The topological polar surface area (TPSA) is 79.4 Å². The van der Waals surface area contributed by atoms with E-state index in [0.29, 0.717) is 16.4 Å². The molecule has 0 spiro atoms. The van der Waals surface area contributed by atoms with Crippen LogP contribution in [0.15, 0.2) is 48.7 Å². The molecule has 1 N–H and O–H groups in total. The van der Waals surface area contributed by atoms with Gasteiger partial charge in [0.1, 0.15) is 0 Å². The van der Waals surface area contributed by atoms with Gasteiger partial charge in [0.25, 0.3) is 0 Å². The van der Waals surface area contributed by atoms with Crippen molar-refractivity contribution < 1.29 is 13.2 Å². The fourth-order valence-electron chi connectivity index (χ4n) is 2.05. The van der Waals surface area contributed by atoms with E-state index in [0.717, 1.165) is 6.26 Å². The lowest BCUT2D eigenvalue weighted by Crippen LogP contribution is -2.32. The second-order valence-electron chi connectivity index (χ2n) is 5.23. The molecule has 1 aromatic heterocycles. The van der Waals surface area contributed by atoms with Crippen molar-refractivity contribution in [3.8, 4) is 0 Å². The van der Waals surface area contributed by atoms with Gasteiger partial charge in [0.15, 0.2) is 0 Å². The van der Waals surface area contributed by atoms with Crippen LogP contribution >= 0.6 is 11.6 Å². The maximum Gasteiger partial charge on any atom is 0.225 e. The maximum absolute atomic E-state index is 12.0. The summed E-state index contributed by atoms with van der Waals surface area (Å²) in [5.41, 5.74) is 1.20. The van der Waals surface area contributed by atoms with Crippen molar-refractivity contribution in [2.24, 2.45) is 0 Å². The second kappa shape index (κ2) is 8.23. The molecule has 0 fully saturated rings. The van der Waals surface area contributed by atoms with Gasteiger partial charge in [0, 0.05) is 29.9 Å². The number of halogens is 1. The van der Waals surface area contributed by atoms with Crippen LogP contribution in [0, 0.1) is 0 Å². The van der Waals surface area contributed by atoms with Crippen molar-refractivity contribution in [2.75, 3.05) is 18.1 Å². The predicted octanol–water partition coefficient (Wildman–Crippen LogP) is 2.53. The molecule has 0 saturated carbocycles. The Labute approximate surface area is 146 Å². The molecule has 24 heavy (non-hydrogen) atoms. The number of hydrogen-bond acceptors (Lipinski definition) is 4. The van der Waals surface area contributed by atoms with Gasteiger partial charge < -0.3 is 5.32 Å². The molecule has 128 valence electrons. The first-order valence-corrected chi connectivity index (χ1v) is 9.47. The van der Waals surface area contributed by atoms with Gasteiger partial charge in [-0.1, -0.05) is 23.7 Å². The van der Waals surface area contributed by atoms with Crippen LogP contribution < -0.4 is 5.32 Å². The number of nitrogens with one attached hydrogen (secondary N) is 1. The van der Waals surface area contributed by atoms with E-state index in [1.165, 1.54) is 4.31 Å². The third-order valence-corrected chi connectivity index (χ3v) is 4.71. The monoisotopic (exact) mass is 367 g/mol. The summed E-state index contributed by atoms with van der Waals surface area (Å²) < 4.78 is 25.0. The fourth-order valence-corrected chi connectivity index (χ4v) is 3.03. The Bertz CT molecular complexity index is 797. The van der Waals surface area contributed by atoms with Gasteiger partial charge in [-0.25, -0.2) is 8.42 Å². The number of hydrogen-bond donors (Lipinski definition) is 1. The van der Waals surface area contributed by atoms with Crippen LogP contribution in [0.2, 0.25) is 5.02 Å². The van der Waals surface area contributed by atoms with Gasteiger partial charge in [0.05, 0.1) is 18.5 Å². The van der Waals surface area contributed by atoms with Crippen molar-refractivity contribution in [3.05, 3.63) is 59.4 Å². The molecule has 0 atom stereocenters. The third kappa shape index (κ3) is 5.92. The summed E-state index contributed by atoms with van der Waals surface area (Å²) in [6.07, 6.45) is 2.75. The number of carbonyl (C=O) groups excluding carboxylic acids is 1. The first kappa shape index (κ1) is 18.4. The zero-order chi connectivity index (χ0) is 17.6. The molecule has 1 aromatic carbocycles. The van der Waals surface area contributed by atoms with Crippen molar-refractivity contribution in [1.82, 2.24) is 9.29 Å². The van der Waals surface area contributed by atoms with Crippen LogP contribution in [0.3, 0.4) is 0 Å². The minimum Gasteiger partial charge on any atom is -0.326 e. The van der Waals surface area contributed by atoms with Gasteiger partial charge in [-0.2, -0.15) is 4.31 Å². The van der Waals surface area contributed by atoms with Gasteiger partial charge in [-0.05, 0) is 30.3 Å². The van der Waals surface area contributed by atoms with Crippen molar-refractivity contribution in [3.63, 3.8) is 0 Å². The number of carbonyl (C=O) groups is 1. The van der Waals surface area contributed by atoms with Crippen LogP contribution in [0.25, 0.3) is 0 Å². The second-order valence-corrected chi connectivity index (χ2v) is 7.65. The van der Waals surface area contributed by atoms with E-state index in [9.17, 15) is 13.2 Å². The summed E-state index contributed by atoms with van der Waals surface area (Å²) in [6.45, 7) is 0.200. The molecule has 0 aliphatic carbocycles. The number of sulfonamides is 1. The van der Waals surface area contributed by atoms with Crippen LogP contribution in [0.5, 0.6) is 0 Å². The quantitative estimate of drug-likeness (QED) is 0.815. The Morgan fingerprint density at radius 2 is 2.04 bits per heavy atom. The highest BCUT2D eigenvalue weighted by atomic mass is 35.5. The van der Waals surface area contributed by atoms with E-state index >= 15 is 0 Å². The Balaban J connectivity index is 1.96. The first-order chi connectivity index (χ1) is 11.3. The molecule has 0 radical (unpaired) electrons. The molecular formula is C16H18ClN3O3S. The molecule has 8 heteroatoms. The van der Waals surface area contributed by atoms with Crippen LogP contribution in [0.4, 0.5) is 5.69 Å². The zero-order valence-corrected chi connectivity index (χ0v) is 14.7. The lowest BCUT2D eigenvalue weighted by molar-refractivity contribution is -0.116. The van der Waals surface area contributed by atoms with Gasteiger partial charge in [-0.3, -0.25) is 9.78 Å². The zero-order valence-electron chi connectivity index (χ0n) is 13.1. The Kier molecular flexibility index (Phi) is 6.30. The smallest absolute Gasteiger partial charge is 0.225 e. The van der Waals surface area contributed by atoms with Crippen LogP contribution in [-0.2, 0) is 21.4 Å². The van der Waals surface area contributed by atoms with Crippen LogP contribution in [0.1, 0.15) is 12.1 Å². The predicted molar refractivity (Wildman–Crippen MR) is 94.2 cm³/mol. The normalized spacial score (nSPS) is 11.5. The summed E-state index contributed by atoms with van der Waals surface area (Å²) in [5, 5.41) is 3.21. The van der Waals surface area contributed by atoms with E-state index in [4.69, 9.17) is 11.6 Å². The number of pyridine rings is 1. The van der Waals surface area contributed by atoms with Crippen LogP contribution in [-0.4, -0.2) is 36.4 Å². The molecule has 6 nitrogen and oxygen atoms in total. The average Bonchev–Trinajstić information content (AvgIpc) is 2.51. The Morgan fingerprint density at radius 3 is 2.67 bits per heavy atom. The molecule has 1 amide bonds. The summed E-state index contributed by atoms with van der Waals surface area (Å²) >= 11 is 5.86. The van der Waals surface area contributed by atoms with E-state index in [1.54, 1.807) is 48.7 Å². The Morgan fingerprint density at radius 1 is 1.25 bits per heavy atom. The largest absolute Gasteiger partial charge is 0.326 e. The van der Waals surface area contributed by atoms with Crippen molar-refractivity contribution in [1.29, 1.82) is 0 Å². The minimum absolute atomic E-state index is 0.0341. The third-order valence-electron chi connectivity index (χ3n) is 3.23. The SMILES string of the molecule is CS(=O)(=O)N(CCC(=O)Nc1cccc(Cl)c1)Cc1ccccn1. The maximum atomic E-state index is 12.0.